The second kappa shape index (κ2) is 11.3. The van der Waals surface area contributed by atoms with Crippen molar-refractivity contribution in [2.45, 2.75) is 69.5 Å². The van der Waals surface area contributed by atoms with Gasteiger partial charge in [0, 0.05) is 31.2 Å². The Hall–Kier alpha value is -2.46. The molecule has 9 heteroatoms. The normalized spacial score (nSPS) is 18.4. The topological polar surface area (TPSA) is 83.6 Å². The quantitative estimate of drug-likeness (QED) is 0.409. The minimum Gasteiger partial charge on any atom is -0.491 e. The fourth-order valence-electron chi connectivity index (χ4n) is 4.64. The monoisotopic (exact) mass is 528 g/mol. The van der Waals surface area contributed by atoms with E-state index in [2.05, 4.69) is 39.9 Å². The number of hydrogen-bond donors (Lipinski definition) is 2. The van der Waals surface area contributed by atoms with Crippen molar-refractivity contribution in [3.8, 4) is 5.75 Å². The Balaban J connectivity index is 1.60. The number of anilines is 1. The highest BCUT2D eigenvalue weighted by atomic mass is 32.2. The third-order valence-electron chi connectivity index (χ3n) is 6.40. The van der Waals surface area contributed by atoms with Gasteiger partial charge in [0.25, 0.3) is 10.0 Å². The molecule has 194 valence electrons. The van der Waals surface area contributed by atoms with Crippen molar-refractivity contribution in [3.05, 3.63) is 70.4 Å². The van der Waals surface area contributed by atoms with Crippen LogP contribution in [-0.2, 0) is 16.6 Å². The second-order valence-electron chi connectivity index (χ2n) is 9.51. The molecule has 1 saturated heterocycles. The fraction of sp³-hybridized carbons (Fsp3) is 0.444. The van der Waals surface area contributed by atoms with E-state index >= 15 is 0 Å². The molecule has 1 aromatic heterocycles. The Kier molecular flexibility index (Phi) is 8.34. The summed E-state index contributed by atoms with van der Waals surface area (Å²) in [7, 11) is -2.12. The van der Waals surface area contributed by atoms with Gasteiger partial charge in [0.2, 0.25) is 0 Å². The molecule has 7 nitrogen and oxygen atoms in total. The molecule has 0 saturated carbocycles. The molecule has 36 heavy (non-hydrogen) atoms. The molecular weight excluding hydrogens is 492 g/mol. The van der Waals surface area contributed by atoms with Crippen LogP contribution in [0.3, 0.4) is 0 Å². The van der Waals surface area contributed by atoms with Crippen LogP contribution in [0, 0.1) is 13.8 Å². The van der Waals surface area contributed by atoms with Crippen LogP contribution in [0.1, 0.15) is 54.6 Å². The van der Waals surface area contributed by atoms with E-state index in [0.29, 0.717) is 17.9 Å². The predicted octanol–water partition coefficient (Wildman–Crippen LogP) is 4.96. The van der Waals surface area contributed by atoms with E-state index in [4.69, 9.17) is 4.74 Å². The maximum Gasteiger partial charge on any atom is 0.275 e. The third-order valence-corrected chi connectivity index (χ3v) is 9.84. The number of aromatic nitrogens is 1. The Bertz CT molecular complexity index is 1280. The van der Waals surface area contributed by atoms with Gasteiger partial charge in [-0.2, -0.15) is 0 Å². The van der Waals surface area contributed by atoms with Crippen molar-refractivity contribution >= 4 is 27.0 Å². The summed E-state index contributed by atoms with van der Waals surface area (Å²) < 4.78 is 34.5. The molecule has 0 spiro atoms. The van der Waals surface area contributed by atoms with E-state index in [9.17, 15) is 8.42 Å². The molecule has 2 aromatic carbocycles. The lowest BCUT2D eigenvalue weighted by molar-refractivity contribution is 0.238. The van der Waals surface area contributed by atoms with E-state index in [1.165, 1.54) is 21.2 Å². The maximum absolute atomic E-state index is 13.4. The Morgan fingerprint density at radius 3 is 2.61 bits per heavy atom. The maximum atomic E-state index is 13.4. The van der Waals surface area contributed by atoms with Crippen LogP contribution in [0.5, 0.6) is 5.75 Å². The number of rotatable bonds is 9. The van der Waals surface area contributed by atoms with E-state index in [1.54, 1.807) is 20.0 Å². The summed E-state index contributed by atoms with van der Waals surface area (Å²) in [6.07, 6.45) is 2.17. The number of nitrogens with one attached hydrogen (secondary N) is 2. The summed E-state index contributed by atoms with van der Waals surface area (Å²) in [4.78, 5) is 4.31. The molecule has 2 heterocycles. The van der Waals surface area contributed by atoms with Crippen LogP contribution in [0.25, 0.3) is 0 Å². The SMILES string of the molecule is Cc1nc(C)c(S(=O)(=O)N(C)c2ccc(OC(C)C)c(CNC3CCCNC3c3ccccc3)c2)s1. The molecule has 0 bridgehead atoms. The number of aryl methyl sites for hydroxylation is 2. The lowest BCUT2D eigenvalue weighted by Gasteiger charge is -2.34. The standard InChI is InChI=1S/C27H36N4O3S2/c1-18(2)34-25-14-13-23(31(5)36(32,33)27-19(3)30-20(4)35-27)16-22(25)17-29-24-12-9-15-28-26(24)21-10-7-6-8-11-21/h6-8,10-11,13-14,16,18,24,26,28-29H,9,12,15,17H2,1-5H3. The Morgan fingerprint density at radius 1 is 1.19 bits per heavy atom. The van der Waals surface area contributed by atoms with Gasteiger partial charge in [0.15, 0.2) is 4.21 Å². The van der Waals surface area contributed by atoms with Gasteiger partial charge >= 0.3 is 0 Å². The van der Waals surface area contributed by atoms with Crippen LogP contribution in [0.2, 0.25) is 0 Å². The van der Waals surface area contributed by atoms with Crippen molar-refractivity contribution in [2.24, 2.45) is 0 Å². The summed E-state index contributed by atoms with van der Waals surface area (Å²) in [5, 5.41) is 8.12. The van der Waals surface area contributed by atoms with Crippen molar-refractivity contribution in [1.82, 2.24) is 15.6 Å². The molecule has 3 aromatic rings. The number of thiazole rings is 1. The van der Waals surface area contributed by atoms with Gasteiger partial charge in [-0.05, 0) is 70.8 Å². The Labute approximate surface area is 219 Å². The highest BCUT2D eigenvalue weighted by Crippen LogP contribution is 2.32. The number of ether oxygens (including phenoxy) is 1. The first-order chi connectivity index (χ1) is 17.2. The zero-order chi connectivity index (χ0) is 25.9. The molecule has 0 radical (unpaired) electrons. The first kappa shape index (κ1) is 26.6. The molecule has 2 atom stereocenters. The van der Waals surface area contributed by atoms with Crippen molar-refractivity contribution in [2.75, 3.05) is 17.9 Å². The lowest BCUT2D eigenvalue weighted by atomic mass is 9.92. The highest BCUT2D eigenvalue weighted by molar-refractivity contribution is 7.94. The van der Waals surface area contributed by atoms with Crippen molar-refractivity contribution < 1.29 is 13.2 Å². The minimum absolute atomic E-state index is 0.00675. The van der Waals surface area contributed by atoms with Crippen LogP contribution >= 0.6 is 11.3 Å². The number of piperidine rings is 1. The van der Waals surface area contributed by atoms with Crippen molar-refractivity contribution in [1.29, 1.82) is 0 Å². The number of benzene rings is 2. The number of nitrogens with zero attached hydrogens (tertiary/aromatic N) is 2. The van der Waals surface area contributed by atoms with E-state index < -0.39 is 10.0 Å². The van der Waals surface area contributed by atoms with Gasteiger partial charge < -0.3 is 15.4 Å². The largest absolute Gasteiger partial charge is 0.491 e. The molecule has 2 N–H and O–H groups in total. The fourth-order valence-corrected chi connectivity index (χ4v) is 7.47. The average Bonchev–Trinajstić information content (AvgIpc) is 3.22. The molecular formula is C27H36N4O3S2. The smallest absolute Gasteiger partial charge is 0.275 e. The zero-order valence-corrected chi connectivity index (χ0v) is 23.2. The van der Waals surface area contributed by atoms with Crippen LogP contribution in [-0.4, -0.2) is 39.1 Å². The summed E-state index contributed by atoms with van der Waals surface area (Å²) in [5.74, 6) is 0.761. The number of sulfonamides is 1. The van der Waals surface area contributed by atoms with Crippen LogP contribution in [0.15, 0.2) is 52.7 Å². The van der Waals surface area contributed by atoms with Crippen molar-refractivity contribution in [3.63, 3.8) is 0 Å². The van der Waals surface area contributed by atoms with Gasteiger partial charge in [0.1, 0.15) is 5.75 Å². The molecule has 0 amide bonds. The molecule has 1 aliphatic heterocycles. The van der Waals surface area contributed by atoms with E-state index in [1.807, 2.05) is 39.0 Å². The molecule has 1 aliphatic rings. The highest BCUT2D eigenvalue weighted by Gasteiger charge is 2.28. The molecule has 1 fully saturated rings. The van der Waals surface area contributed by atoms with Gasteiger partial charge in [-0.15, -0.1) is 11.3 Å². The van der Waals surface area contributed by atoms with Gasteiger partial charge in [0.05, 0.1) is 22.5 Å². The predicted molar refractivity (Wildman–Crippen MR) is 146 cm³/mol. The average molecular weight is 529 g/mol. The van der Waals surface area contributed by atoms with Gasteiger partial charge in [-0.1, -0.05) is 30.3 Å². The zero-order valence-electron chi connectivity index (χ0n) is 21.6. The van der Waals surface area contributed by atoms with Gasteiger partial charge in [-0.25, -0.2) is 13.4 Å². The number of hydrogen-bond acceptors (Lipinski definition) is 7. The Morgan fingerprint density at radius 2 is 1.94 bits per heavy atom. The minimum atomic E-state index is -3.72. The van der Waals surface area contributed by atoms with Crippen LogP contribution < -0.4 is 19.7 Å². The lowest BCUT2D eigenvalue weighted by Crippen LogP contribution is -2.45. The second-order valence-corrected chi connectivity index (χ2v) is 12.9. The summed E-state index contributed by atoms with van der Waals surface area (Å²) in [6, 6.07) is 16.6. The van der Waals surface area contributed by atoms with E-state index in [0.717, 1.165) is 35.7 Å². The third kappa shape index (κ3) is 5.91. The first-order valence-electron chi connectivity index (χ1n) is 12.4. The summed E-state index contributed by atoms with van der Waals surface area (Å²) in [5.41, 5.74) is 3.32. The summed E-state index contributed by atoms with van der Waals surface area (Å²) in [6.45, 7) is 9.11. The van der Waals surface area contributed by atoms with E-state index in [-0.39, 0.29) is 22.4 Å². The molecule has 4 rings (SSSR count). The van der Waals surface area contributed by atoms with Crippen LogP contribution in [0.4, 0.5) is 5.69 Å². The molecule has 2 unspecified atom stereocenters. The summed E-state index contributed by atoms with van der Waals surface area (Å²) >= 11 is 1.20. The van der Waals surface area contributed by atoms with Gasteiger partial charge in [-0.3, -0.25) is 4.31 Å². The molecule has 0 aliphatic carbocycles. The first-order valence-corrected chi connectivity index (χ1v) is 14.7.